The number of esters is 1. The normalized spacial score (nSPS) is 19.7. The highest BCUT2D eigenvalue weighted by Gasteiger charge is 2.38. The molecular weight excluding hydrogens is 258 g/mol. The lowest BCUT2D eigenvalue weighted by atomic mass is 10.1. The largest absolute Gasteiger partial charge is 0.467 e. The topological polar surface area (TPSA) is 55.8 Å². The SMILES string of the molecule is COC(=O)C1CCCN1C(=O)C(OC)c1ccccc1. The van der Waals surface area contributed by atoms with Gasteiger partial charge in [0.25, 0.3) is 5.91 Å². The van der Waals surface area contributed by atoms with E-state index in [-0.39, 0.29) is 11.9 Å². The standard InChI is InChI=1S/C15H19NO4/c1-19-13(11-7-4-3-5-8-11)14(17)16-10-6-9-12(16)15(18)20-2/h3-5,7-8,12-13H,6,9-10H2,1-2H3. The van der Waals surface area contributed by atoms with Crippen LogP contribution in [-0.4, -0.2) is 43.6 Å². The van der Waals surface area contributed by atoms with Crippen LogP contribution >= 0.6 is 0 Å². The number of methoxy groups -OCH3 is 2. The van der Waals surface area contributed by atoms with Crippen molar-refractivity contribution in [2.75, 3.05) is 20.8 Å². The average molecular weight is 277 g/mol. The Hall–Kier alpha value is -1.88. The van der Waals surface area contributed by atoms with Gasteiger partial charge >= 0.3 is 5.97 Å². The molecule has 1 aromatic rings. The van der Waals surface area contributed by atoms with Gasteiger partial charge in [-0.1, -0.05) is 30.3 Å². The van der Waals surface area contributed by atoms with Gasteiger partial charge in [-0.2, -0.15) is 0 Å². The molecule has 2 unspecified atom stereocenters. The van der Waals surface area contributed by atoms with E-state index < -0.39 is 12.1 Å². The molecule has 1 amide bonds. The van der Waals surface area contributed by atoms with Crippen LogP contribution in [0.5, 0.6) is 0 Å². The zero-order chi connectivity index (χ0) is 14.5. The molecule has 0 aliphatic carbocycles. The first-order valence-corrected chi connectivity index (χ1v) is 6.65. The summed E-state index contributed by atoms with van der Waals surface area (Å²) >= 11 is 0. The molecule has 1 aromatic carbocycles. The zero-order valence-electron chi connectivity index (χ0n) is 11.7. The minimum atomic E-state index is -0.679. The highest BCUT2D eigenvalue weighted by Crippen LogP contribution is 2.25. The molecule has 0 spiro atoms. The van der Waals surface area contributed by atoms with Crippen molar-refractivity contribution in [2.24, 2.45) is 0 Å². The molecule has 5 nitrogen and oxygen atoms in total. The van der Waals surface area contributed by atoms with Crippen molar-refractivity contribution in [1.82, 2.24) is 4.90 Å². The van der Waals surface area contributed by atoms with E-state index in [9.17, 15) is 9.59 Å². The highest BCUT2D eigenvalue weighted by atomic mass is 16.5. The Morgan fingerprint density at radius 1 is 1.25 bits per heavy atom. The van der Waals surface area contributed by atoms with E-state index in [0.29, 0.717) is 13.0 Å². The number of carbonyl (C=O) groups excluding carboxylic acids is 2. The van der Waals surface area contributed by atoms with E-state index in [2.05, 4.69) is 0 Å². The quantitative estimate of drug-likeness (QED) is 0.783. The molecule has 1 heterocycles. The van der Waals surface area contributed by atoms with Gasteiger partial charge in [-0.05, 0) is 18.4 Å². The molecule has 2 atom stereocenters. The smallest absolute Gasteiger partial charge is 0.328 e. The summed E-state index contributed by atoms with van der Waals surface area (Å²) in [6, 6.07) is 8.79. The molecule has 0 aromatic heterocycles. The summed E-state index contributed by atoms with van der Waals surface area (Å²) in [7, 11) is 2.84. The van der Waals surface area contributed by atoms with Crippen LogP contribution in [0.15, 0.2) is 30.3 Å². The third-order valence-electron chi connectivity index (χ3n) is 3.57. The lowest BCUT2D eigenvalue weighted by molar-refractivity contribution is -0.155. The van der Waals surface area contributed by atoms with Crippen LogP contribution in [0.1, 0.15) is 24.5 Å². The summed E-state index contributed by atoms with van der Waals surface area (Å²) in [4.78, 5) is 25.9. The fourth-order valence-electron chi connectivity index (χ4n) is 2.57. The van der Waals surface area contributed by atoms with Crippen molar-refractivity contribution in [1.29, 1.82) is 0 Å². The van der Waals surface area contributed by atoms with Crippen LogP contribution in [-0.2, 0) is 19.1 Å². The van der Waals surface area contributed by atoms with Gasteiger partial charge in [0.1, 0.15) is 6.04 Å². The van der Waals surface area contributed by atoms with Crippen LogP contribution in [0, 0.1) is 0 Å². The van der Waals surface area contributed by atoms with Gasteiger partial charge in [-0.3, -0.25) is 4.79 Å². The van der Waals surface area contributed by atoms with Gasteiger partial charge in [0.15, 0.2) is 6.10 Å². The van der Waals surface area contributed by atoms with Crippen molar-refractivity contribution < 1.29 is 19.1 Å². The maximum absolute atomic E-state index is 12.6. The highest BCUT2D eigenvalue weighted by molar-refractivity contribution is 5.88. The number of hydrogen-bond donors (Lipinski definition) is 0. The fourth-order valence-corrected chi connectivity index (χ4v) is 2.57. The average Bonchev–Trinajstić information content (AvgIpc) is 2.97. The summed E-state index contributed by atoms with van der Waals surface area (Å²) < 4.78 is 10.1. The van der Waals surface area contributed by atoms with Crippen LogP contribution < -0.4 is 0 Å². The number of benzene rings is 1. The third kappa shape index (κ3) is 2.82. The molecule has 1 saturated heterocycles. The minimum absolute atomic E-state index is 0.188. The first-order valence-electron chi connectivity index (χ1n) is 6.65. The molecule has 0 N–H and O–H groups in total. The molecule has 108 valence electrons. The van der Waals surface area contributed by atoms with Gasteiger partial charge in [0.2, 0.25) is 0 Å². The number of hydrogen-bond acceptors (Lipinski definition) is 4. The van der Waals surface area contributed by atoms with Crippen LogP contribution in [0.2, 0.25) is 0 Å². The molecule has 5 heteroatoms. The predicted octanol–water partition coefficient (Wildman–Crippen LogP) is 1.54. The van der Waals surface area contributed by atoms with E-state index in [1.165, 1.54) is 14.2 Å². The van der Waals surface area contributed by atoms with Crippen molar-refractivity contribution in [3.05, 3.63) is 35.9 Å². The second kappa shape index (κ2) is 6.52. The van der Waals surface area contributed by atoms with E-state index in [4.69, 9.17) is 9.47 Å². The third-order valence-corrected chi connectivity index (χ3v) is 3.57. The van der Waals surface area contributed by atoms with Gasteiger partial charge in [-0.15, -0.1) is 0 Å². The summed E-state index contributed by atoms with van der Waals surface area (Å²) in [5.41, 5.74) is 0.788. The molecule has 20 heavy (non-hydrogen) atoms. The molecule has 1 aliphatic rings. The maximum Gasteiger partial charge on any atom is 0.328 e. The second-order valence-corrected chi connectivity index (χ2v) is 4.74. The molecular formula is C15H19NO4. The number of rotatable bonds is 4. The Balaban J connectivity index is 2.18. The lowest BCUT2D eigenvalue weighted by Gasteiger charge is -2.26. The summed E-state index contributed by atoms with van der Waals surface area (Å²) in [5.74, 6) is -0.551. The Labute approximate surface area is 118 Å². The van der Waals surface area contributed by atoms with E-state index >= 15 is 0 Å². The zero-order valence-corrected chi connectivity index (χ0v) is 11.7. The minimum Gasteiger partial charge on any atom is -0.467 e. The summed E-state index contributed by atoms with van der Waals surface area (Å²) in [5, 5.41) is 0. The lowest BCUT2D eigenvalue weighted by Crippen LogP contribution is -2.43. The van der Waals surface area contributed by atoms with Gasteiger partial charge < -0.3 is 14.4 Å². The Kier molecular flexibility index (Phi) is 4.74. The summed E-state index contributed by atoms with van der Waals surface area (Å²) in [6.07, 6.45) is 0.766. The van der Waals surface area contributed by atoms with E-state index in [0.717, 1.165) is 12.0 Å². The number of nitrogens with zero attached hydrogens (tertiary/aromatic N) is 1. The van der Waals surface area contributed by atoms with Crippen molar-refractivity contribution in [3.8, 4) is 0 Å². The van der Waals surface area contributed by atoms with Crippen LogP contribution in [0.3, 0.4) is 0 Å². The summed E-state index contributed by atoms with van der Waals surface area (Å²) in [6.45, 7) is 0.561. The Morgan fingerprint density at radius 3 is 2.55 bits per heavy atom. The van der Waals surface area contributed by atoms with E-state index in [1.54, 1.807) is 4.90 Å². The second-order valence-electron chi connectivity index (χ2n) is 4.74. The van der Waals surface area contributed by atoms with Crippen molar-refractivity contribution in [3.63, 3.8) is 0 Å². The van der Waals surface area contributed by atoms with Gasteiger partial charge in [0.05, 0.1) is 7.11 Å². The monoisotopic (exact) mass is 277 g/mol. The first kappa shape index (κ1) is 14.5. The molecule has 0 saturated carbocycles. The molecule has 1 aliphatic heterocycles. The fraction of sp³-hybridized carbons (Fsp3) is 0.467. The number of ether oxygens (including phenoxy) is 2. The van der Waals surface area contributed by atoms with Crippen molar-refractivity contribution in [2.45, 2.75) is 25.0 Å². The Morgan fingerprint density at radius 2 is 1.95 bits per heavy atom. The molecule has 0 bridgehead atoms. The Bertz CT molecular complexity index is 474. The number of likely N-dealkylation sites (tertiary alicyclic amines) is 1. The number of amides is 1. The van der Waals surface area contributed by atoms with Crippen LogP contribution in [0.25, 0.3) is 0 Å². The van der Waals surface area contributed by atoms with Crippen LogP contribution in [0.4, 0.5) is 0 Å². The molecule has 2 rings (SSSR count). The van der Waals surface area contributed by atoms with Crippen molar-refractivity contribution >= 4 is 11.9 Å². The number of carbonyl (C=O) groups is 2. The van der Waals surface area contributed by atoms with Gasteiger partial charge in [-0.25, -0.2) is 4.79 Å². The van der Waals surface area contributed by atoms with Gasteiger partial charge in [0, 0.05) is 13.7 Å². The maximum atomic E-state index is 12.6. The predicted molar refractivity (Wildman–Crippen MR) is 72.9 cm³/mol. The van der Waals surface area contributed by atoms with E-state index in [1.807, 2.05) is 30.3 Å². The first-order chi connectivity index (χ1) is 9.69. The molecule has 0 radical (unpaired) electrons. The molecule has 1 fully saturated rings.